The average Bonchev–Trinajstić information content (AvgIpc) is 2.55. The molecule has 0 radical (unpaired) electrons. The lowest BCUT2D eigenvalue weighted by atomic mass is 10.1. The highest BCUT2D eigenvalue weighted by Crippen LogP contribution is 2.12. The van der Waals surface area contributed by atoms with Crippen LogP contribution >= 0.6 is 0 Å². The van der Waals surface area contributed by atoms with Gasteiger partial charge in [-0.2, -0.15) is 5.10 Å². The predicted molar refractivity (Wildman–Crippen MR) is 91.1 cm³/mol. The maximum Gasteiger partial charge on any atom is 0.259 e. The summed E-state index contributed by atoms with van der Waals surface area (Å²) in [6, 6.07) is 18.1. The Hall–Kier alpha value is -2.62. The molecule has 0 atom stereocenters. The minimum atomic E-state index is -0.154. The summed E-state index contributed by atoms with van der Waals surface area (Å²) in [6.07, 6.45) is 3.45. The standard InChI is InChI=1S/C18H21N3O/c1-15-8-5-6-12-17(15)19-14-18(22)21-20-13-7-11-16-9-3-2-4-10-16/h2-6,8-10,12-13,19H,7,11,14H2,1H3,(H,21,22). The van der Waals surface area contributed by atoms with Crippen molar-refractivity contribution in [1.82, 2.24) is 5.43 Å². The molecule has 2 aromatic rings. The van der Waals surface area contributed by atoms with Gasteiger partial charge in [0.25, 0.3) is 5.91 Å². The van der Waals surface area contributed by atoms with Crippen molar-refractivity contribution in [2.75, 3.05) is 11.9 Å². The molecule has 4 nitrogen and oxygen atoms in total. The topological polar surface area (TPSA) is 53.5 Å². The first-order chi connectivity index (χ1) is 10.8. The molecular formula is C18H21N3O. The first-order valence-electron chi connectivity index (χ1n) is 7.39. The number of benzene rings is 2. The van der Waals surface area contributed by atoms with Crippen molar-refractivity contribution in [2.45, 2.75) is 19.8 Å². The maximum absolute atomic E-state index is 11.7. The van der Waals surface area contributed by atoms with Gasteiger partial charge in [-0.1, -0.05) is 48.5 Å². The van der Waals surface area contributed by atoms with Crippen molar-refractivity contribution in [1.29, 1.82) is 0 Å². The van der Waals surface area contributed by atoms with Crippen molar-refractivity contribution >= 4 is 17.8 Å². The van der Waals surface area contributed by atoms with E-state index in [9.17, 15) is 4.79 Å². The summed E-state index contributed by atoms with van der Waals surface area (Å²) < 4.78 is 0. The Morgan fingerprint density at radius 1 is 1.09 bits per heavy atom. The van der Waals surface area contributed by atoms with Crippen LogP contribution in [0.2, 0.25) is 0 Å². The molecule has 4 heteroatoms. The molecule has 0 saturated heterocycles. The number of aryl methyl sites for hydroxylation is 2. The summed E-state index contributed by atoms with van der Waals surface area (Å²) in [7, 11) is 0. The van der Waals surface area contributed by atoms with E-state index in [4.69, 9.17) is 0 Å². The zero-order chi connectivity index (χ0) is 15.6. The summed E-state index contributed by atoms with van der Waals surface area (Å²) in [5.74, 6) is -0.154. The van der Waals surface area contributed by atoms with Gasteiger partial charge >= 0.3 is 0 Å². The predicted octanol–water partition coefficient (Wildman–Crippen LogP) is 3.14. The molecule has 1 amide bonds. The smallest absolute Gasteiger partial charge is 0.259 e. The SMILES string of the molecule is Cc1ccccc1NCC(=O)NN=CCCc1ccccc1. The van der Waals surface area contributed by atoms with E-state index in [1.54, 1.807) is 6.21 Å². The van der Waals surface area contributed by atoms with Crippen LogP contribution < -0.4 is 10.7 Å². The molecule has 0 fully saturated rings. The van der Waals surface area contributed by atoms with E-state index in [2.05, 4.69) is 28.0 Å². The average molecular weight is 295 g/mol. The highest BCUT2D eigenvalue weighted by Gasteiger charge is 2.00. The Morgan fingerprint density at radius 2 is 1.82 bits per heavy atom. The summed E-state index contributed by atoms with van der Waals surface area (Å²) in [5, 5.41) is 7.05. The second kappa shape index (κ2) is 8.62. The normalized spacial score (nSPS) is 10.6. The fourth-order valence-corrected chi connectivity index (χ4v) is 2.04. The van der Waals surface area contributed by atoms with Crippen molar-refractivity contribution < 1.29 is 4.79 Å². The third-order valence-electron chi connectivity index (χ3n) is 3.27. The molecule has 22 heavy (non-hydrogen) atoms. The number of hydrazone groups is 1. The number of para-hydroxylation sites is 1. The molecule has 2 N–H and O–H groups in total. The molecule has 0 aliphatic rings. The van der Waals surface area contributed by atoms with Crippen molar-refractivity contribution in [2.24, 2.45) is 5.10 Å². The number of amides is 1. The quantitative estimate of drug-likeness (QED) is 0.609. The van der Waals surface area contributed by atoms with Crippen molar-refractivity contribution in [3.63, 3.8) is 0 Å². The molecule has 0 bridgehead atoms. The van der Waals surface area contributed by atoms with Gasteiger partial charge in [0.15, 0.2) is 0 Å². The van der Waals surface area contributed by atoms with Gasteiger partial charge in [-0.3, -0.25) is 4.79 Å². The molecule has 0 heterocycles. The lowest BCUT2D eigenvalue weighted by molar-refractivity contribution is -0.119. The minimum absolute atomic E-state index is 0.154. The van der Waals surface area contributed by atoms with E-state index in [1.165, 1.54) is 5.56 Å². The molecule has 0 saturated carbocycles. The van der Waals surface area contributed by atoms with Crippen LogP contribution in [0.5, 0.6) is 0 Å². The first-order valence-corrected chi connectivity index (χ1v) is 7.39. The van der Waals surface area contributed by atoms with Crippen LogP contribution in [0.1, 0.15) is 17.5 Å². The fourth-order valence-electron chi connectivity index (χ4n) is 2.04. The van der Waals surface area contributed by atoms with Gasteiger partial charge in [0.05, 0.1) is 6.54 Å². The summed E-state index contributed by atoms with van der Waals surface area (Å²) >= 11 is 0. The number of hydrogen-bond acceptors (Lipinski definition) is 3. The third-order valence-corrected chi connectivity index (χ3v) is 3.27. The molecule has 114 valence electrons. The number of carbonyl (C=O) groups excluding carboxylic acids is 1. The number of nitrogens with one attached hydrogen (secondary N) is 2. The van der Waals surface area contributed by atoms with E-state index in [-0.39, 0.29) is 12.5 Å². The number of carbonyl (C=O) groups is 1. The van der Waals surface area contributed by atoms with E-state index in [1.807, 2.05) is 49.4 Å². The minimum Gasteiger partial charge on any atom is -0.376 e. The van der Waals surface area contributed by atoms with E-state index in [0.29, 0.717) is 0 Å². The Kier molecular flexibility index (Phi) is 6.18. The van der Waals surface area contributed by atoms with Crippen LogP contribution in [0.15, 0.2) is 59.7 Å². The molecule has 0 aliphatic carbocycles. The second-order valence-electron chi connectivity index (χ2n) is 5.04. The van der Waals surface area contributed by atoms with Crippen LogP contribution in [-0.2, 0) is 11.2 Å². The van der Waals surface area contributed by atoms with E-state index >= 15 is 0 Å². The number of nitrogens with zero attached hydrogens (tertiary/aromatic N) is 1. The number of hydrogen-bond donors (Lipinski definition) is 2. The molecule has 2 rings (SSSR count). The summed E-state index contributed by atoms with van der Waals surface area (Å²) in [5.41, 5.74) is 5.87. The Morgan fingerprint density at radius 3 is 2.59 bits per heavy atom. The van der Waals surface area contributed by atoms with Gasteiger partial charge in [-0.25, -0.2) is 5.43 Å². The van der Waals surface area contributed by atoms with Gasteiger partial charge in [0.2, 0.25) is 0 Å². The molecular weight excluding hydrogens is 274 g/mol. The van der Waals surface area contributed by atoms with Crippen LogP contribution in [0.25, 0.3) is 0 Å². The molecule has 0 aromatic heterocycles. The third kappa shape index (κ3) is 5.40. The van der Waals surface area contributed by atoms with Gasteiger partial charge in [0.1, 0.15) is 0 Å². The molecule has 2 aromatic carbocycles. The highest BCUT2D eigenvalue weighted by atomic mass is 16.2. The first kappa shape index (κ1) is 15.8. The van der Waals surface area contributed by atoms with Crippen molar-refractivity contribution in [3.8, 4) is 0 Å². The van der Waals surface area contributed by atoms with Crippen LogP contribution in [0, 0.1) is 6.92 Å². The Bertz CT molecular complexity index is 623. The van der Waals surface area contributed by atoms with Gasteiger partial charge in [-0.15, -0.1) is 0 Å². The summed E-state index contributed by atoms with van der Waals surface area (Å²) in [4.78, 5) is 11.7. The van der Waals surface area contributed by atoms with Gasteiger partial charge in [-0.05, 0) is 37.0 Å². The van der Waals surface area contributed by atoms with Crippen LogP contribution in [0.3, 0.4) is 0 Å². The van der Waals surface area contributed by atoms with Gasteiger partial charge < -0.3 is 5.32 Å². The van der Waals surface area contributed by atoms with Gasteiger partial charge in [0, 0.05) is 11.9 Å². The Balaban J connectivity index is 1.65. The Labute approximate surface area is 131 Å². The largest absolute Gasteiger partial charge is 0.376 e. The number of anilines is 1. The van der Waals surface area contributed by atoms with Crippen LogP contribution in [-0.4, -0.2) is 18.7 Å². The molecule has 0 unspecified atom stereocenters. The fraction of sp³-hybridized carbons (Fsp3) is 0.222. The van der Waals surface area contributed by atoms with E-state index in [0.717, 1.165) is 24.1 Å². The highest BCUT2D eigenvalue weighted by molar-refractivity contribution is 5.81. The molecule has 0 spiro atoms. The van der Waals surface area contributed by atoms with Crippen LogP contribution in [0.4, 0.5) is 5.69 Å². The molecule has 0 aliphatic heterocycles. The monoisotopic (exact) mass is 295 g/mol. The maximum atomic E-state index is 11.7. The van der Waals surface area contributed by atoms with E-state index < -0.39 is 0 Å². The lowest BCUT2D eigenvalue weighted by Gasteiger charge is -2.07. The zero-order valence-corrected chi connectivity index (χ0v) is 12.8. The number of rotatable bonds is 7. The van der Waals surface area contributed by atoms with Crippen molar-refractivity contribution in [3.05, 3.63) is 65.7 Å². The lowest BCUT2D eigenvalue weighted by Crippen LogP contribution is -2.26. The summed E-state index contributed by atoms with van der Waals surface area (Å²) in [6.45, 7) is 2.21. The zero-order valence-electron chi connectivity index (χ0n) is 12.8. The second-order valence-corrected chi connectivity index (χ2v) is 5.04.